The molecule has 0 aliphatic rings. The lowest BCUT2D eigenvalue weighted by Gasteiger charge is -2.28. The lowest BCUT2D eigenvalue weighted by atomic mass is 10.2. The standard InChI is InChI=1S/C16H17FN2O3S/c1-12(16(20)18-14-8-6-7-13(17)11-14)19(23(2,21)22)15-9-4-3-5-10-15/h3-12H,1-2H3,(H,18,20)/t12-/m0/s1. The first-order valence-corrected chi connectivity index (χ1v) is 8.75. The van der Waals surface area contributed by atoms with Crippen LogP contribution in [0.3, 0.4) is 0 Å². The van der Waals surface area contributed by atoms with Crippen molar-refractivity contribution in [3.63, 3.8) is 0 Å². The van der Waals surface area contributed by atoms with E-state index in [1.807, 2.05) is 0 Å². The fraction of sp³-hybridized carbons (Fsp3) is 0.188. The Morgan fingerprint density at radius 3 is 2.35 bits per heavy atom. The second-order valence-electron chi connectivity index (χ2n) is 5.07. The first-order valence-electron chi connectivity index (χ1n) is 6.90. The maximum atomic E-state index is 13.2. The molecule has 0 aliphatic carbocycles. The van der Waals surface area contributed by atoms with Gasteiger partial charge in [-0.1, -0.05) is 24.3 Å². The number of carbonyl (C=O) groups is 1. The van der Waals surface area contributed by atoms with Gasteiger partial charge in [-0.05, 0) is 37.3 Å². The molecule has 1 N–H and O–H groups in total. The third kappa shape index (κ3) is 4.29. The van der Waals surface area contributed by atoms with Crippen molar-refractivity contribution in [1.82, 2.24) is 0 Å². The summed E-state index contributed by atoms with van der Waals surface area (Å²) in [7, 11) is -3.66. The topological polar surface area (TPSA) is 66.5 Å². The van der Waals surface area contributed by atoms with E-state index >= 15 is 0 Å². The molecule has 2 aromatic rings. The molecule has 0 unspecified atom stereocenters. The molecular weight excluding hydrogens is 319 g/mol. The first kappa shape index (κ1) is 17.0. The number of rotatable bonds is 5. The van der Waals surface area contributed by atoms with Crippen LogP contribution in [0.2, 0.25) is 0 Å². The van der Waals surface area contributed by atoms with Gasteiger partial charge in [-0.15, -0.1) is 0 Å². The fourth-order valence-corrected chi connectivity index (χ4v) is 3.37. The van der Waals surface area contributed by atoms with Gasteiger partial charge in [0.2, 0.25) is 15.9 Å². The number of amides is 1. The molecule has 0 heterocycles. The minimum absolute atomic E-state index is 0.267. The van der Waals surface area contributed by atoms with Crippen molar-refractivity contribution in [3.05, 3.63) is 60.4 Å². The summed E-state index contributed by atoms with van der Waals surface area (Å²) in [6, 6.07) is 12.7. The minimum Gasteiger partial charge on any atom is -0.324 e. The second-order valence-corrected chi connectivity index (χ2v) is 6.93. The van der Waals surface area contributed by atoms with E-state index in [-0.39, 0.29) is 5.69 Å². The largest absolute Gasteiger partial charge is 0.324 e. The Balaban J connectivity index is 2.27. The molecule has 0 bridgehead atoms. The molecule has 0 aliphatic heterocycles. The Bertz CT molecular complexity index is 794. The maximum Gasteiger partial charge on any atom is 0.247 e. The Hall–Kier alpha value is -2.41. The van der Waals surface area contributed by atoms with E-state index in [9.17, 15) is 17.6 Å². The van der Waals surface area contributed by atoms with Crippen LogP contribution in [0.25, 0.3) is 0 Å². The predicted molar refractivity (Wildman–Crippen MR) is 88.3 cm³/mol. The molecule has 0 saturated heterocycles. The van der Waals surface area contributed by atoms with Crippen LogP contribution in [0.5, 0.6) is 0 Å². The van der Waals surface area contributed by atoms with E-state index in [0.717, 1.165) is 16.6 Å². The van der Waals surface area contributed by atoms with Gasteiger partial charge < -0.3 is 5.32 Å². The van der Waals surface area contributed by atoms with Crippen molar-refractivity contribution in [2.45, 2.75) is 13.0 Å². The molecule has 0 aromatic heterocycles. The second kappa shape index (κ2) is 6.78. The van der Waals surface area contributed by atoms with Gasteiger partial charge in [-0.3, -0.25) is 9.10 Å². The average molecular weight is 336 g/mol. The Kier molecular flexibility index (Phi) is 5.00. The van der Waals surface area contributed by atoms with Crippen molar-refractivity contribution in [2.75, 3.05) is 15.9 Å². The number of anilines is 2. The van der Waals surface area contributed by atoms with Crippen LogP contribution in [-0.2, 0) is 14.8 Å². The molecule has 0 radical (unpaired) electrons. The van der Waals surface area contributed by atoms with Crippen molar-refractivity contribution in [1.29, 1.82) is 0 Å². The lowest BCUT2D eigenvalue weighted by Crippen LogP contribution is -2.45. The molecule has 2 rings (SSSR count). The van der Waals surface area contributed by atoms with E-state index < -0.39 is 27.8 Å². The molecule has 0 fully saturated rings. The Morgan fingerprint density at radius 2 is 1.78 bits per heavy atom. The molecule has 122 valence electrons. The van der Waals surface area contributed by atoms with Crippen LogP contribution >= 0.6 is 0 Å². The van der Waals surface area contributed by atoms with Crippen molar-refractivity contribution >= 4 is 27.3 Å². The summed E-state index contributed by atoms with van der Waals surface area (Å²) in [5.74, 6) is -1.04. The van der Waals surface area contributed by atoms with E-state index in [0.29, 0.717) is 5.69 Å². The molecule has 2 aromatic carbocycles. The minimum atomic E-state index is -3.66. The number of hydrogen-bond acceptors (Lipinski definition) is 3. The number of nitrogens with one attached hydrogen (secondary N) is 1. The summed E-state index contributed by atoms with van der Waals surface area (Å²) in [6.07, 6.45) is 1.03. The average Bonchev–Trinajstić information content (AvgIpc) is 2.47. The Labute approximate surface area is 134 Å². The summed E-state index contributed by atoms with van der Waals surface area (Å²) in [6.45, 7) is 1.47. The number of hydrogen-bond donors (Lipinski definition) is 1. The zero-order chi connectivity index (χ0) is 17.0. The molecule has 1 atom stereocenters. The van der Waals surface area contributed by atoms with Crippen molar-refractivity contribution < 1.29 is 17.6 Å². The summed E-state index contributed by atoms with van der Waals surface area (Å²) in [5, 5.41) is 2.52. The number of benzene rings is 2. The van der Waals surface area contributed by atoms with E-state index in [1.54, 1.807) is 30.3 Å². The van der Waals surface area contributed by atoms with Gasteiger partial charge in [0.15, 0.2) is 0 Å². The molecule has 7 heteroatoms. The van der Waals surface area contributed by atoms with Gasteiger partial charge in [0.1, 0.15) is 11.9 Å². The van der Waals surface area contributed by atoms with Crippen molar-refractivity contribution in [3.8, 4) is 0 Å². The predicted octanol–water partition coefficient (Wildman–Crippen LogP) is 2.62. The summed E-state index contributed by atoms with van der Waals surface area (Å²) in [4.78, 5) is 12.3. The number of para-hydroxylation sites is 1. The quantitative estimate of drug-likeness (QED) is 0.913. The van der Waals surface area contributed by atoms with Gasteiger partial charge in [-0.2, -0.15) is 0 Å². The molecule has 0 saturated carbocycles. The fourth-order valence-electron chi connectivity index (χ4n) is 2.20. The third-order valence-corrected chi connectivity index (χ3v) is 4.43. The van der Waals surface area contributed by atoms with Gasteiger partial charge in [0, 0.05) is 5.69 Å². The molecule has 1 amide bonds. The normalized spacial score (nSPS) is 12.5. The van der Waals surface area contributed by atoms with Gasteiger partial charge in [0.05, 0.1) is 11.9 Å². The van der Waals surface area contributed by atoms with Crippen molar-refractivity contribution in [2.24, 2.45) is 0 Å². The SMILES string of the molecule is C[C@@H](C(=O)Nc1cccc(F)c1)N(c1ccccc1)S(C)(=O)=O. The highest BCUT2D eigenvalue weighted by atomic mass is 32.2. The zero-order valence-electron chi connectivity index (χ0n) is 12.7. The van der Waals surface area contributed by atoms with Crippen LogP contribution in [0.1, 0.15) is 6.92 Å². The molecular formula is C16H17FN2O3S. The highest BCUT2D eigenvalue weighted by Gasteiger charge is 2.29. The number of carbonyl (C=O) groups excluding carboxylic acids is 1. The maximum absolute atomic E-state index is 13.2. The van der Waals surface area contributed by atoms with Crippen LogP contribution in [0, 0.1) is 5.82 Å². The highest BCUT2D eigenvalue weighted by Crippen LogP contribution is 2.21. The number of nitrogens with zero attached hydrogens (tertiary/aromatic N) is 1. The smallest absolute Gasteiger partial charge is 0.247 e. The number of sulfonamides is 1. The van der Waals surface area contributed by atoms with Crippen LogP contribution in [0.15, 0.2) is 54.6 Å². The van der Waals surface area contributed by atoms with E-state index in [4.69, 9.17) is 0 Å². The lowest BCUT2D eigenvalue weighted by molar-refractivity contribution is -0.116. The van der Waals surface area contributed by atoms with E-state index in [2.05, 4.69) is 5.32 Å². The zero-order valence-corrected chi connectivity index (χ0v) is 13.5. The highest BCUT2D eigenvalue weighted by molar-refractivity contribution is 7.92. The first-order chi connectivity index (χ1) is 10.8. The van der Waals surface area contributed by atoms with Crippen LogP contribution < -0.4 is 9.62 Å². The van der Waals surface area contributed by atoms with Gasteiger partial charge in [0.25, 0.3) is 0 Å². The Morgan fingerprint density at radius 1 is 1.13 bits per heavy atom. The van der Waals surface area contributed by atoms with E-state index in [1.165, 1.54) is 25.1 Å². The summed E-state index contributed by atoms with van der Waals surface area (Å²) < 4.78 is 38.3. The summed E-state index contributed by atoms with van der Waals surface area (Å²) >= 11 is 0. The molecule has 0 spiro atoms. The van der Waals surface area contributed by atoms with Gasteiger partial charge in [-0.25, -0.2) is 12.8 Å². The van der Waals surface area contributed by atoms with Gasteiger partial charge >= 0.3 is 0 Å². The third-order valence-electron chi connectivity index (χ3n) is 3.19. The molecule has 5 nitrogen and oxygen atoms in total. The van der Waals surface area contributed by atoms with Crippen LogP contribution in [-0.4, -0.2) is 26.6 Å². The monoisotopic (exact) mass is 336 g/mol. The van der Waals surface area contributed by atoms with Crippen LogP contribution in [0.4, 0.5) is 15.8 Å². The number of halogens is 1. The molecule has 23 heavy (non-hydrogen) atoms. The summed E-state index contributed by atoms with van der Waals surface area (Å²) in [5.41, 5.74) is 0.653.